The van der Waals surface area contributed by atoms with Crippen molar-refractivity contribution in [2.45, 2.75) is 19.4 Å². The monoisotopic (exact) mass is 395 g/mol. The average Bonchev–Trinajstić information content (AvgIpc) is 3.10. The Bertz CT molecular complexity index is 1050. The Balaban J connectivity index is 1.53. The Morgan fingerprint density at radius 1 is 1.07 bits per heavy atom. The van der Waals surface area contributed by atoms with E-state index < -0.39 is 12.0 Å². The van der Waals surface area contributed by atoms with Crippen LogP contribution in [0.25, 0.3) is 16.6 Å². The van der Waals surface area contributed by atoms with Gasteiger partial charge in [0.2, 0.25) is 0 Å². The van der Waals surface area contributed by atoms with Crippen LogP contribution in [0.15, 0.2) is 42.6 Å². The molecule has 1 N–H and O–H groups in total. The van der Waals surface area contributed by atoms with Gasteiger partial charge in [-0.05, 0) is 37.6 Å². The van der Waals surface area contributed by atoms with E-state index in [0.29, 0.717) is 19.6 Å². The van der Waals surface area contributed by atoms with Gasteiger partial charge in [-0.15, -0.1) is 0 Å². The smallest absolute Gasteiger partial charge is 0.328 e. The summed E-state index contributed by atoms with van der Waals surface area (Å²) in [6.07, 6.45) is 2.87. The van der Waals surface area contributed by atoms with E-state index in [1.807, 2.05) is 24.3 Å². The van der Waals surface area contributed by atoms with Crippen molar-refractivity contribution in [2.24, 2.45) is 0 Å². The maximum Gasteiger partial charge on any atom is 0.328 e. The van der Waals surface area contributed by atoms with Gasteiger partial charge in [-0.3, -0.25) is 0 Å². The van der Waals surface area contributed by atoms with Gasteiger partial charge in [0.1, 0.15) is 6.04 Å². The Morgan fingerprint density at radius 2 is 1.86 bits per heavy atom. The fourth-order valence-electron chi connectivity index (χ4n) is 3.78. The van der Waals surface area contributed by atoms with Crippen molar-refractivity contribution in [1.29, 1.82) is 0 Å². The number of esters is 1. The standard InChI is InChI=1S/C21H25N5O3/c1-15(20(27)29-2)22-21(28)25-11-6-10-24(13-14-25)19-18-9-5-12-26(18)17-8-4-3-7-16(17)23-19/h3-5,7-9,12,15H,6,10-11,13-14H2,1-2H3,(H,22,28). The Hall–Kier alpha value is -3.29. The minimum atomic E-state index is -0.672. The van der Waals surface area contributed by atoms with E-state index in [-0.39, 0.29) is 6.03 Å². The summed E-state index contributed by atoms with van der Waals surface area (Å²) in [5.74, 6) is 0.477. The van der Waals surface area contributed by atoms with Crippen LogP contribution in [0, 0.1) is 0 Å². The highest BCUT2D eigenvalue weighted by Crippen LogP contribution is 2.26. The number of para-hydroxylation sites is 2. The first-order valence-corrected chi connectivity index (χ1v) is 9.82. The van der Waals surface area contributed by atoms with Crippen molar-refractivity contribution in [3.63, 3.8) is 0 Å². The number of ether oxygens (including phenoxy) is 1. The minimum absolute atomic E-state index is 0.246. The molecule has 1 aliphatic rings. The third-order valence-corrected chi connectivity index (χ3v) is 5.32. The second-order valence-electron chi connectivity index (χ2n) is 7.21. The number of amides is 2. The summed E-state index contributed by atoms with van der Waals surface area (Å²) < 4.78 is 6.83. The summed E-state index contributed by atoms with van der Waals surface area (Å²) in [6, 6.07) is 11.3. The second-order valence-corrected chi connectivity index (χ2v) is 7.21. The summed E-state index contributed by atoms with van der Waals surface area (Å²) >= 11 is 0. The molecule has 4 rings (SSSR count). The summed E-state index contributed by atoms with van der Waals surface area (Å²) in [5.41, 5.74) is 3.07. The Kier molecular flexibility index (Phi) is 5.24. The summed E-state index contributed by atoms with van der Waals surface area (Å²) in [7, 11) is 1.31. The first-order valence-electron chi connectivity index (χ1n) is 9.82. The van der Waals surface area contributed by atoms with Crippen LogP contribution in [-0.2, 0) is 9.53 Å². The summed E-state index contributed by atoms with van der Waals surface area (Å²) in [5, 5.41) is 2.71. The number of carbonyl (C=O) groups excluding carboxylic acids is 2. The van der Waals surface area contributed by atoms with Crippen LogP contribution in [0.2, 0.25) is 0 Å². The lowest BCUT2D eigenvalue weighted by atomic mass is 10.3. The van der Waals surface area contributed by atoms with Crippen molar-refractivity contribution >= 4 is 34.4 Å². The van der Waals surface area contributed by atoms with Gasteiger partial charge in [-0.25, -0.2) is 14.6 Å². The SMILES string of the molecule is COC(=O)C(C)NC(=O)N1CCCN(c2nc3ccccc3n3cccc23)CC1. The zero-order valence-electron chi connectivity index (χ0n) is 16.7. The van der Waals surface area contributed by atoms with E-state index >= 15 is 0 Å². The van der Waals surface area contributed by atoms with Crippen LogP contribution < -0.4 is 10.2 Å². The Morgan fingerprint density at radius 3 is 2.69 bits per heavy atom. The quantitative estimate of drug-likeness (QED) is 0.689. The van der Waals surface area contributed by atoms with E-state index in [9.17, 15) is 9.59 Å². The zero-order chi connectivity index (χ0) is 20.4. The topological polar surface area (TPSA) is 79.2 Å². The molecular formula is C21H25N5O3. The minimum Gasteiger partial charge on any atom is -0.467 e. The number of carbonyl (C=O) groups is 2. The molecule has 1 atom stereocenters. The van der Waals surface area contributed by atoms with Gasteiger partial charge in [0, 0.05) is 32.4 Å². The number of methoxy groups -OCH3 is 1. The van der Waals surface area contributed by atoms with E-state index in [1.54, 1.807) is 11.8 Å². The van der Waals surface area contributed by atoms with Crippen molar-refractivity contribution in [1.82, 2.24) is 19.6 Å². The number of benzene rings is 1. The largest absolute Gasteiger partial charge is 0.467 e. The van der Waals surface area contributed by atoms with Gasteiger partial charge in [-0.1, -0.05) is 12.1 Å². The van der Waals surface area contributed by atoms with Crippen molar-refractivity contribution in [2.75, 3.05) is 38.2 Å². The highest BCUT2D eigenvalue weighted by molar-refractivity contribution is 5.85. The number of anilines is 1. The molecule has 2 aromatic heterocycles. The van der Waals surface area contributed by atoms with Gasteiger partial charge in [0.05, 0.1) is 23.7 Å². The molecule has 1 unspecified atom stereocenters. The van der Waals surface area contributed by atoms with Gasteiger partial charge in [0.25, 0.3) is 0 Å². The zero-order valence-corrected chi connectivity index (χ0v) is 16.7. The van der Waals surface area contributed by atoms with Crippen LogP contribution in [0.1, 0.15) is 13.3 Å². The number of fused-ring (bicyclic) bond motifs is 3. The van der Waals surface area contributed by atoms with Crippen LogP contribution in [-0.4, -0.2) is 65.6 Å². The lowest BCUT2D eigenvalue weighted by Gasteiger charge is -2.25. The molecule has 152 valence electrons. The Labute approximate surface area is 169 Å². The normalized spacial score (nSPS) is 15.9. The molecule has 29 heavy (non-hydrogen) atoms. The molecule has 0 radical (unpaired) electrons. The second kappa shape index (κ2) is 7.98. The molecule has 1 aromatic carbocycles. The first-order chi connectivity index (χ1) is 14.1. The predicted octanol–water partition coefficient (Wildman–Crippen LogP) is 2.27. The number of hydrogen-bond donors (Lipinski definition) is 1. The fraction of sp³-hybridized carbons (Fsp3) is 0.381. The van der Waals surface area contributed by atoms with Gasteiger partial charge in [-0.2, -0.15) is 0 Å². The van der Waals surface area contributed by atoms with Crippen molar-refractivity contribution < 1.29 is 14.3 Å². The van der Waals surface area contributed by atoms with E-state index in [2.05, 4.69) is 37.7 Å². The highest BCUT2D eigenvalue weighted by atomic mass is 16.5. The van der Waals surface area contributed by atoms with Crippen LogP contribution in [0.5, 0.6) is 0 Å². The highest BCUT2D eigenvalue weighted by Gasteiger charge is 2.24. The molecule has 1 aliphatic heterocycles. The molecule has 2 amide bonds. The molecule has 1 saturated heterocycles. The van der Waals surface area contributed by atoms with Crippen LogP contribution >= 0.6 is 0 Å². The molecule has 8 heteroatoms. The van der Waals surface area contributed by atoms with Gasteiger partial charge in [0.15, 0.2) is 5.82 Å². The maximum absolute atomic E-state index is 12.5. The van der Waals surface area contributed by atoms with E-state index in [1.165, 1.54) is 7.11 Å². The molecular weight excluding hydrogens is 370 g/mol. The molecule has 1 fully saturated rings. The fourth-order valence-corrected chi connectivity index (χ4v) is 3.78. The molecule has 0 saturated carbocycles. The van der Waals surface area contributed by atoms with Crippen LogP contribution in [0.3, 0.4) is 0 Å². The number of urea groups is 1. The van der Waals surface area contributed by atoms with Crippen molar-refractivity contribution in [3.05, 3.63) is 42.6 Å². The number of rotatable bonds is 3. The average molecular weight is 395 g/mol. The number of hydrogen-bond acceptors (Lipinski definition) is 5. The molecule has 0 aliphatic carbocycles. The molecule has 3 heterocycles. The molecule has 0 spiro atoms. The van der Waals surface area contributed by atoms with Gasteiger partial charge < -0.3 is 24.3 Å². The molecule has 3 aromatic rings. The number of nitrogens with one attached hydrogen (secondary N) is 1. The van der Waals surface area contributed by atoms with Crippen molar-refractivity contribution in [3.8, 4) is 0 Å². The maximum atomic E-state index is 12.5. The third-order valence-electron chi connectivity index (χ3n) is 5.32. The lowest BCUT2D eigenvalue weighted by Crippen LogP contribution is -2.48. The van der Waals surface area contributed by atoms with Gasteiger partial charge >= 0.3 is 12.0 Å². The third kappa shape index (κ3) is 3.70. The lowest BCUT2D eigenvalue weighted by molar-refractivity contribution is -0.142. The van der Waals surface area contributed by atoms with Crippen LogP contribution in [0.4, 0.5) is 10.6 Å². The number of nitrogens with zero attached hydrogens (tertiary/aromatic N) is 4. The first kappa shape index (κ1) is 19.0. The molecule has 0 bridgehead atoms. The van der Waals surface area contributed by atoms with E-state index in [0.717, 1.165) is 35.3 Å². The number of aromatic nitrogens is 2. The molecule has 8 nitrogen and oxygen atoms in total. The predicted molar refractivity (Wildman–Crippen MR) is 111 cm³/mol. The summed E-state index contributed by atoms with van der Waals surface area (Å²) in [6.45, 7) is 4.28. The summed E-state index contributed by atoms with van der Waals surface area (Å²) in [4.78, 5) is 33.0. The van der Waals surface area contributed by atoms with E-state index in [4.69, 9.17) is 4.98 Å².